The van der Waals surface area contributed by atoms with E-state index in [-0.39, 0.29) is 18.2 Å². The molecule has 1 unspecified atom stereocenters. The van der Waals surface area contributed by atoms with Crippen LogP contribution in [-0.2, 0) is 9.59 Å². The number of aliphatic carboxylic acids is 1. The summed E-state index contributed by atoms with van der Waals surface area (Å²) in [4.78, 5) is 23.2. The molecule has 2 rings (SSSR count). The third-order valence-electron chi connectivity index (χ3n) is 3.56. The topological polar surface area (TPSA) is 78.4 Å². The maximum absolute atomic E-state index is 12.2. The van der Waals surface area contributed by atoms with Crippen LogP contribution in [0.2, 0.25) is 0 Å². The summed E-state index contributed by atoms with van der Waals surface area (Å²) < 4.78 is 0. The van der Waals surface area contributed by atoms with E-state index in [0.29, 0.717) is 6.54 Å². The zero-order valence-corrected chi connectivity index (χ0v) is 11.3. The Bertz CT molecular complexity index is 455. The van der Waals surface area contributed by atoms with E-state index >= 15 is 0 Å². The number of benzene rings is 1. The molecule has 20 heavy (non-hydrogen) atoms. The minimum absolute atomic E-state index is 0.0627. The predicted octanol–water partition coefficient (Wildman–Crippen LogP) is 1.32. The molecule has 0 aliphatic carbocycles. The molecule has 1 aromatic rings. The van der Waals surface area contributed by atoms with Gasteiger partial charge in [0.15, 0.2) is 0 Å². The number of nitrogens with one attached hydrogen (secondary N) is 2. The lowest BCUT2D eigenvalue weighted by atomic mass is 9.97. The normalized spacial score (nSPS) is 20.1. The largest absolute Gasteiger partial charge is 0.481 e. The number of carbonyl (C=O) groups is 2. The maximum Gasteiger partial charge on any atom is 0.305 e. The summed E-state index contributed by atoms with van der Waals surface area (Å²) in [6.45, 7) is 1.61. The minimum atomic E-state index is -0.916. The summed E-state index contributed by atoms with van der Waals surface area (Å²) in [5, 5.41) is 15.1. The zero-order chi connectivity index (χ0) is 14.4. The molecular formula is C15H20N2O3. The highest BCUT2D eigenvalue weighted by molar-refractivity contribution is 5.80. The Balaban J connectivity index is 2.03. The third-order valence-corrected chi connectivity index (χ3v) is 3.56. The molecule has 1 aliphatic heterocycles. The Morgan fingerprint density at radius 2 is 2.10 bits per heavy atom. The average molecular weight is 276 g/mol. The van der Waals surface area contributed by atoms with Crippen molar-refractivity contribution in [2.45, 2.75) is 25.3 Å². The number of hydrogen-bond donors (Lipinski definition) is 3. The van der Waals surface area contributed by atoms with E-state index in [1.54, 1.807) is 0 Å². The van der Waals surface area contributed by atoms with E-state index < -0.39 is 12.0 Å². The molecule has 1 amide bonds. The second kappa shape index (κ2) is 7.05. The molecule has 0 radical (unpaired) electrons. The molecule has 5 nitrogen and oxygen atoms in total. The van der Waals surface area contributed by atoms with Gasteiger partial charge in [0.05, 0.1) is 18.4 Å². The second-order valence-electron chi connectivity index (χ2n) is 5.11. The van der Waals surface area contributed by atoms with Gasteiger partial charge in [0.25, 0.3) is 0 Å². The van der Waals surface area contributed by atoms with Gasteiger partial charge in [-0.25, -0.2) is 0 Å². The molecule has 0 spiro atoms. The molecule has 1 heterocycles. The van der Waals surface area contributed by atoms with E-state index in [2.05, 4.69) is 10.6 Å². The second-order valence-corrected chi connectivity index (χ2v) is 5.11. The van der Waals surface area contributed by atoms with Crippen molar-refractivity contribution in [1.29, 1.82) is 0 Å². The molecule has 2 atom stereocenters. The van der Waals surface area contributed by atoms with Crippen LogP contribution in [0.25, 0.3) is 0 Å². The van der Waals surface area contributed by atoms with Gasteiger partial charge >= 0.3 is 5.97 Å². The Morgan fingerprint density at radius 1 is 1.35 bits per heavy atom. The van der Waals surface area contributed by atoms with Crippen molar-refractivity contribution in [3.05, 3.63) is 35.9 Å². The van der Waals surface area contributed by atoms with Gasteiger partial charge in [0.2, 0.25) is 5.91 Å². The summed E-state index contributed by atoms with van der Waals surface area (Å²) in [6, 6.07) is 8.77. The first kappa shape index (κ1) is 14.5. The highest BCUT2D eigenvalue weighted by Crippen LogP contribution is 2.18. The molecule has 1 aliphatic rings. The number of amides is 1. The van der Waals surface area contributed by atoms with Gasteiger partial charge in [-0.3, -0.25) is 9.59 Å². The van der Waals surface area contributed by atoms with Gasteiger partial charge < -0.3 is 15.7 Å². The van der Waals surface area contributed by atoms with Gasteiger partial charge in [0.1, 0.15) is 0 Å². The van der Waals surface area contributed by atoms with Gasteiger partial charge in [-0.1, -0.05) is 30.3 Å². The van der Waals surface area contributed by atoms with Gasteiger partial charge in [-0.05, 0) is 24.9 Å². The van der Waals surface area contributed by atoms with E-state index in [1.165, 1.54) is 0 Å². The van der Waals surface area contributed by atoms with Crippen LogP contribution in [-0.4, -0.2) is 30.1 Å². The molecule has 3 N–H and O–H groups in total. The van der Waals surface area contributed by atoms with Crippen LogP contribution in [0.5, 0.6) is 0 Å². The van der Waals surface area contributed by atoms with Crippen molar-refractivity contribution in [1.82, 2.24) is 10.6 Å². The lowest BCUT2D eigenvalue weighted by Gasteiger charge is -2.25. The van der Waals surface area contributed by atoms with Gasteiger partial charge in [0, 0.05) is 6.54 Å². The Labute approximate surface area is 118 Å². The first-order chi connectivity index (χ1) is 9.66. The lowest BCUT2D eigenvalue weighted by Crippen LogP contribution is -2.42. The molecule has 1 aromatic carbocycles. The van der Waals surface area contributed by atoms with Crippen molar-refractivity contribution in [2.24, 2.45) is 5.92 Å². The van der Waals surface area contributed by atoms with Crippen molar-refractivity contribution in [3.8, 4) is 0 Å². The summed E-state index contributed by atoms with van der Waals surface area (Å²) in [6.07, 6.45) is 1.73. The molecule has 5 heteroatoms. The van der Waals surface area contributed by atoms with Crippen LogP contribution >= 0.6 is 0 Å². The fraction of sp³-hybridized carbons (Fsp3) is 0.467. The highest BCUT2D eigenvalue weighted by atomic mass is 16.4. The predicted molar refractivity (Wildman–Crippen MR) is 75.2 cm³/mol. The Kier molecular flexibility index (Phi) is 5.12. The van der Waals surface area contributed by atoms with Crippen LogP contribution in [0.3, 0.4) is 0 Å². The van der Waals surface area contributed by atoms with Crippen LogP contribution in [0.1, 0.15) is 30.9 Å². The fourth-order valence-electron chi connectivity index (χ4n) is 2.48. The van der Waals surface area contributed by atoms with Gasteiger partial charge in [-0.15, -0.1) is 0 Å². The van der Waals surface area contributed by atoms with Crippen molar-refractivity contribution in [3.63, 3.8) is 0 Å². The highest BCUT2D eigenvalue weighted by Gasteiger charge is 2.24. The third kappa shape index (κ3) is 4.06. The Morgan fingerprint density at radius 3 is 2.70 bits per heavy atom. The lowest BCUT2D eigenvalue weighted by molar-refractivity contribution is -0.138. The molecule has 1 fully saturated rings. The fourth-order valence-corrected chi connectivity index (χ4v) is 2.48. The van der Waals surface area contributed by atoms with Crippen molar-refractivity contribution in [2.75, 3.05) is 13.1 Å². The standard InChI is InChI=1S/C15H20N2O3/c18-14(19)9-13(11-5-2-1-3-6-11)17-15(20)12-7-4-8-16-10-12/h1-3,5-6,12-13,16H,4,7-10H2,(H,17,20)(H,18,19)/t12-,13?/m0/s1. The molecule has 0 aromatic heterocycles. The number of carbonyl (C=O) groups excluding carboxylic acids is 1. The van der Waals surface area contributed by atoms with Crippen molar-refractivity contribution < 1.29 is 14.7 Å². The van der Waals surface area contributed by atoms with E-state index in [0.717, 1.165) is 24.9 Å². The van der Waals surface area contributed by atoms with Crippen LogP contribution in [0.15, 0.2) is 30.3 Å². The summed E-state index contributed by atoms with van der Waals surface area (Å²) >= 11 is 0. The quantitative estimate of drug-likeness (QED) is 0.758. The van der Waals surface area contributed by atoms with Crippen LogP contribution in [0.4, 0.5) is 0 Å². The summed E-state index contributed by atoms with van der Waals surface area (Å²) in [5.41, 5.74) is 0.826. The average Bonchev–Trinajstić information content (AvgIpc) is 2.48. The van der Waals surface area contributed by atoms with E-state index in [1.807, 2.05) is 30.3 Å². The number of piperidine rings is 1. The maximum atomic E-state index is 12.2. The number of carboxylic acids is 1. The van der Waals surface area contributed by atoms with E-state index in [4.69, 9.17) is 5.11 Å². The number of carboxylic acid groups (broad SMARTS) is 1. The Hall–Kier alpha value is -1.88. The molecule has 0 saturated carbocycles. The summed E-state index contributed by atoms with van der Waals surface area (Å²) in [5.74, 6) is -1.04. The molecule has 1 saturated heterocycles. The van der Waals surface area contributed by atoms with E-state index in [9.17, 15) is 9.59 Å². The van der Waals surface area contributed by atoms with Crippen LogP contribution < -0.4 is 10.6 Å². The molecule has 0 bridgehead atoms. The van der Waals surface area contributed by atoms with Gasteiger partial charge in [-0.2, -0.15) is 0 Å². The summed E-state index contributed by atoms with van der Waals surface area (Å²) in [7, 11) is 0. The minimum Gasteiger partial charge on any atom is -0.481 e. The van der Waals surface area contributed by atoms with Crippen molar-refractivity contribution >= 4 is 11.9 Å². The van der Waals surface area contributed by atoms with Crippen LogP contribution in [0, 0.1) is 5.92 Å². The smallest absolute Gasteiger partial charge is 0.305 e. The number of hydrogen-bond acceptors (Lipinski definition) is 3. The molecular weight excluding hydrogens is 256 g/mol. The molecule has 108 valence electrons. The first-order valence-corrected chi connectivity index (χ1v) is 6.94. The first-order valence-electron chi connectivity index (χ1n) is 6.94. The zero-order valence-electron chi connectivity index (χ0n) is 11.3. The SMILES string of the molecule is O=C(O)CC(NC(=O)[C@H]1CCCNC1)c1ccccc1. The monoisotopic (exact) mass is 276 g/mol. The number of rotatable bonds is 5.